The number of rotatable bonds is 7. The number of hydrogen-bond acceptors (Lipinski definition) is 5. The Hall–Kier alpha value is -1.04. The first-order valence-corrected chi connectivity index (χ1v) is 8.55. The van der Waals surface area contributed by atoms with Crippen LogP contribution in [0.2, 0.25) is 0 Å². The molecule has 1 atom stereocenters. The number of nitrogens with zero attached hydrogens (tertiary/aromatic N) is 1. The van der Waals surface area contributed by atoms with E-state index >= 15 is 0 Å². The summed E-state index contributed by atoms with van der Waals surface area (Å²) in [5, 5.41) is 5.46. The predicted octanol–water partition coefficient (Wildman–Crippen LogP) is 3.90. The van der Waals surface area contributed by atoms with Gasteiger partial charge in [0.2, 0.25) is 0 Å². The fourth-order valence-corrected chi connectivity index (χ4v) is 3.94. The molecule has 0 amide bonds. The fraction of sp³-hybridized carbons (Fsp3) is 0.400. The molecule has 1 aromatic heterocycles. The average molecular weight is 308 g/mol. The second kappa shape index (κ2) is 7.67. The highest BCUT2D eigenvalue weighted by molar-refractivity contribution is 8.01. The van der Waals surface area contributed by atoms with Crippen LogP contribution >= 0.6 is 23.1 Å². The van der Waals surface area contributed by atoms with Gasteiger partial charge >= 0.3 is 0 Å². The first-order valence-electron chi connectivity index (χ1n) is 6.68. The van der Waals surface area contributed by atoms with Gasteiger partial charge in [0.05, 0.1) is 6.61 Å². The van der Waals surface area contributed by atoms with E-state index in [0.717, 1.165) is 21.5 Å². The van der Waals surface area contributed by atoms with E-state index in [1.807, 2.05) is 33.0 Å². The van der Waals surface area contributed by atoms with Crippen LogP contribution in [0, 0.1) is 6.92 Å². The molecular formula is C15H20N2OS2. The Labute approximate surface area is 128 Å². The van der Waals surface area contributed by atoms with Crippen LogP contribution in [0.15, 0.2) is 34.0 Å². The lowest BCUT2D eigenvalue weighted by atomic mass is 10.1. The molecule has 0 aliphatic heterocycles. The van der Waals surface area contributed by atoms with Crippen molar-refractivity contribution in [2.75, 3.05) is 19.4 Å². The fourth-order valence-electron chi connectivity index (χ4n) is 1.94. The Balaban J connectivity index is 2.07. The summed E-state index contributed by atoms with van der Waals surface area (Å²) in [6, 6.07) is 8.48. The predicted molar refractivity (Wildman–Crippen MR) is 87.0 cm³/mol. The van der Waals surface area contributed by atoms with Crippen LogP contribution in [0.1, 0.15) is 24.2 Å². The van der Waals surface area contributed by atoms with Gasteiger partial charge in [-0.15, -0.1) is 11.3 Å². The molecule has 0 aliphatic carbocycles. The van der Waals surface area contributed by atoms with Crippen molar-refractivity contribution in [2.45, 2.75) is 24.2 Å². The number of thiazole rings is 1. The molecule has 0 spiro atoms. The van der Waals surface area contributed by atoms with Gasteiger partial charge in [0.1, 0.15) is 10.1 Å². The second-order valence-corrected chi connectivity index (χ2v) is 6.50. The third-order valence-electron chi connectivity index (χ3n) is 2.91. The third kappa shape index (κ3) is 3.98. The molecule has 1 heterocycles. The van der Waals surface area contributed by atoms with E-state index in [1.54, 1.807) is 23.1 Å². The minimum Gasteiger partial charge on any atom is -0.494 e. The molecule has 5 heteroatoms. The summed E-state index contributed by atoms with van der Waals surface area (Å²) >= 11 is 3.49. The van der Waals surface area contributed by atoms with E-state index in [4.69, 9.17) is 4.74 Å². The Bertz CT molecular complexity index is 542. The van der Waals surface area contributed by atoms with Crippen molar-refractivity contribution in [3.63, 3.8) is 0 Å². The van der Waals surface area contributed by atoms with Gasteiger partial charge in [-0.1, -0.05) is 30.0 Å². The van der Waals surface area contributed by atoms with E-state index < -0.39 is 0 Å². The maximum Gasteiger partial charge on any atom is 0.150 e. The van der Waals surface area contributed by atoms with Crippen LogP contribution in [0.3, 0.4) is 0 Å². The molecule has 3 nitrogen and oxygen atoms in total. The molecule has 0 radical (unpaired) electrons. The lowest BCUT2D eigenvalue weighted by Crippen LogP contribution is -2.19. The van der Waals surface area contributed by atoms with Gasteiger partial charge in [-0.05, 0) is 27.0 Å². The number of benzene rings is 1. The van der Waals surface area contributed by atoms with E-state index in [0.29, 0.717) is 6.61 Å². The van der Waals surface area contributed by atoms with Crippen molar-refractivity contribution >= 4 is 23.1 Å². The van der Waals surface area contributed by atoms with Crippen LogP contribution in [0.5, 0.6) is 5.75 Å². The number of aromatic nitrogens is 1. The van der Waals surface area contributed by atoms with Gasteiger partial charge < -0.3 is 10.1 Å². The van der Waals surface area contributed by atoms with Crippen molar-refractivity contribution in [1.29, 1.82) is 0 Å². The largest absolute Gasteiger partial charge is 0.494 e. The Morgan fingerprint density at radius 1 is 1.40 bits per heavy atom. The molecule has 2 aromatic rings. The molecule has 0 aliphatic rings. The minimum absolute atomic E-state index is 0.256. The highest BCUT2D eigenvalue weighted by Gasteiger charge is 2.15. The summed E-state index contributed by atoms with van der Waals surface area (Å²) in [4.78, 5) is 4.49. The van der Waals surface area contributed by atoms with Gasteiger partial charge in [-0.3, -0.25) is 0 Å². The molecule has 2 rings (SSSR count). The molecule has 0 saturated carbocycles. The molecular weight excluding hydrogens is 288 g/mol. The van der Waals surface area contributed by atoms with E-state index in [1.165, 1.54) is 5.56 Å². The topological polar surface area (TPSA) is 34.1 Å². The minimum atomic E-state index is 0.256. The summed E-state index contributed by atoms with van der Waals surface area (Å²) in [5.41, 5.74) is 2.30. The quantitative estimate of drug-likeness (QED) is 0.787. The van der Waals surface area contributed by atoms with E-state index in [2.05, 4.69) is 27.8 Å². The summed E-state index contributed by atoms with van der Waals surface area (Å²) in [6.07, 6.45) is 0. The monoisotopic (exact) mass is 308 g/mol. The first kappa shape index (κ1) is 15.4. The number of ether oxygens (including phenoxy) is 1. The van der Waals surface area contributed by atoms with E-state index in [-0.39, 0.29) is 6.04 Å². The molecule has 1 unspecified atom stereocenters. The molecule has 0 fully saturated rings. The summed E-state index contributed by atoms with van der Waals surface area (Å²) in [7, 11) is 1.99. The van der Waals surface area contributed by atoms with Crippen LogP contribution in [0.4, 0.5) is 0 Å². The molecule has 1 N–H and O–H groups in total. The smallest absolute Gasteiger partial charge is 0.150 e. The Kier molecular flexibility index (Phi) is 5.88. The molecule has 20 heavy (non-hydrogen) atoms. The zero-order valence-corrected chi connectivity index (χ0v) is 13.7. The third-order valence-corrected chi connectivity index (χ3v) is 5.15. The van der Waals surface area contributed by atoms with Crippen LogP contribution in [-0.2, 0) is 0 Å². The van der Waals surface area contributed by atoms with Crippen molar-refractivity contribution in [1.82, 2.24) is 10.3 Å². The van der Waals surface area contributed by atoms with Gasteiger partial charge in [0.15, 0.2) is 0 Å². The average Bonchev–Trinajstić information content (AvgIpc) is 2.87. The summed E-state index contributed by atoms with van der Waals surface area (Å²) in [5.74, 6) is 1.90. The van der Waals surface area contributed by atoms with Crippen molar-refractivity contribution in [3.05, 3.63) is 40.9 Å². The number of hydrogen-bond donors (Lipinski definition) is 1. The number of aryl methyl sites for hydroxylation is 1. The molecule has 108 valence electrons. The van der Waals surface area contributed by atoms with Crippen LogP contribution in [0.25, 0.3) is 0 Å². The van der Waals surface area contributed by atoms with Gasteiger partial charge in [-0.2, -0.15) is 0 Å². The standard InChI is InChI=1S/C15H20N2OS2/c1-4-18-14-8-6-5-7-12(14)13(16-3)10-20-15-17-11(2)9-19-15/h5-9,13,16H,4,10H2,1-3H3. The van der Waals surface area contributed by atoms with Crippen LogP contribution in [-0.4, -0.2) is 24.4 Å². The van der Waals surface area contributed by atoms with Gasteiger partial charge in [0.25, 0.3) is 0 Å². The molecule has 1 aromatic carbocycles. The van der Waals surface area contributed by atoms with Crippen molar-refractivity contribution < 1.29 is 4.74 Å². The van der Waals surface area contributed by atoms with Crippen molar-refractivity contribution in [3.8, 4) is 5.75 Å². The Morgan fingerprint density at radius 2 is 2.20 bits per heavy atom. The maximum atomic E-state index is 5.71. The first-order chi connectivity index (χ1) is 9.74. The number of para-hydroxylation sites is 1. The molecule has 0 saturated heterocycles. The molecule has 0 bridgehead atoms. The normalized spacial score (nSPS) is 12.3. The Morgan fingerprint density at radius 3 is 2.85 bits per heavy atom. The number of nitrogens with one attached hydrogen (secondary N) is 1. The summed E-state index contributed by atoms with van der Waals surface area (Å²) < 4.78 is 6.84. The maximum absolute atomic E-state index is 5.71. The SMILES string of the molecule is CCOc1ccccc1C(CSc1nc(C)cs1)NC. The summed E-state index contributed by atoms with van der Waals surface area (Å²) in [6.45, 7) is 4.73. The lowest BCUT2D eigenvalue weighted by Gasteiger charge is -2.19. The zero-order valence-electron chi connectivity index (χ0n) is 12.1. The zero-order chi connectivity index (χ0) is 14.4. The van der Waals surface area contributed by atoms with Crippen LogP contribution < -0.4 is 10.1 Å². The lowest BCUT2D eigenvalue weighted by molar-refractivity contribution is 0.333. The van der Waals surface area contributed by atoms with Gasteiger partial charge in [0, 0.05) is 28.4 Å². The highest BCUT2D eigenvalue weighted by Crippen LogP contribution is 2.31. The number of thioether (sulfide) groups is 1. The van der Waals surface area contributed by atoms with Gasteiger partial charge in [-0.25, -0.2) is 4.98 Å². The van der Waals surface area contributed by atoms with E-state index in [9.17, 15) is 0 Å². The van der Waals surface area contributed by atoms with Crippen molar-refractivity contribution in [2.24, 2.45) is 0 Å². The highest BCUT2D eigenvalue weighted by atomic mass is 32.2. The second-order valence-electron chi connectivity index (χ2n) is 4.38.